The largest absolute Gasteiger partial charge is 0.366 e. The van der Waals surface area contributed by atoms with E-state index in [1.165, 1.54) is 0 Å². The Bertz CT molecular complexity index is 437. The molecule has 1 heterocycles. The van der Waals surface area contributed by atoms with Gasteiger partial charge in [-0.3, -0.25) is 9.79 Å². The van der Waals surface area contributed by atoms with Crippen LogP contribution in [0.1, 0.15) is 10.4 Å². The second-order valence-corrected chi connectivity index (χ2v) is 3.17. The van der Waals surface area contributed by atoms with Crippen molar-refractivity contribution in [1.82, 2.24) is 0 Å². The number of nitrogens with two attached hydrogens (primary N) is 1. The van der Waals surface area contributed by atoms with Crippen molar-refractivity contribution >= 4 is 17.8 Å². The third kappa shape index (κ3) is 1.88. The van der Waals surface area contributed by atoms with Crippen molar-refractivity contribution in [3.8, 4) is 0 Å². The summed E-state index contributed by atoms with van der Waals surface area (Å²) in [7, 11) is 0. The van der Waals surface area contributed by atoms with E-state index in [-0.39, 0.29) is 0 Å². The average molecular weight is 201 g/mol. The van der Waals surface area contributed by atoms with E-state index in [9.17, 15) is 4.79 Å². The fourth-order valence-electron chi connectivity index (χ4n) is 1.47. The zero-order chi connectivity index (χ0) is 10.7. The first-order chi connectivity index (χ1) is 7.29. The zero-order valence-corrected chi connectivity index (χ0v) is 8.13. The van der Waals surface area contributed by atoms with E-state index in [0.717, 1.165) is 5.69 Å². The normalized spacial score (nSPS) is 14.3. The number of primary amides is 1. The molecule has 1 aliphatic heterocycles. The van der Waals surface area contributed by atoms with E-state index in [0.29, 0.717) is 12.2 Å². The molecule has 0 unspecified atom stereocenters. The van der Waals surface area contributed by atoms with Crippen LogP contribution in [0.2, 0.25) is 0 Å². The van der Waals surface area contributed by atoms with Gasteiger partial charge in [0.05, 0.1) is 11.3 Å². The van der Waals surface area contributed by atoms with Gasteiger partial charge in [0.2, 0.25) is 0 Å². The maximum atomic E-state index is 11.2. The standard InChI is InChI=1S/C11H11N3O/c12-11(15)9-4-1-2-5-10(9)14-7-3-6-13-8-14/h1-7H,8H2,(H2,12,15). The number of nitrogens with zero attached hydrogens (tertiary/aromatic N) is 2. The van der Waals surface area contributed by atoms with Gasteiger partial charge in [-0.1, -0.05) is 12.1 Å². The fraction of sp³-hybridized carbons (Fsp3) is 0.0909. The lowest BCUT2D eigenvalue weighted by Gasteiger charge is -2.21. The Labute approximate surface area is 87.7 Å². The van der Waals surface area contributed by atoms with Gasteiger partial charge >= 0.3 is 0 Å². The molecule has 4 heteroatoms. The number of hydrogen-bond donors (Lipinski definition) is 1. The number of amides is 1. The zero-order valence-electron chi connectivity index (χ0n) is 8.13. The first-order valence-corrected chi connectivity index (χ1v) is 4.61. The van der Waals surface area contributed by atoms with Crippen molar-refractivity contribution in [2.75, 3.05) is 11.6 Å². The van der Waals surface area contributed by atoms with Gasteiger partial charge in [0, 0.05) is 12.4 Å². The minimum absolute atomic E-state index is 0.423. The molecule has 15 heavy (non-hydrogen) atoms. The van der Waals surface area contributed by atoms with Crippen LogP contribution >= 0.6 is 0 Å². The van der Waals surface area contributed by atoms with Gasteiger partial charge in [-0.25, -0.2) is 0 Å². The number of carbonyl (C=O) groups excluding carboxylic acids is 1. The van der Waals surface area contributed by atoms with E-state index in [4.69, 9.17) is 5.73 Å². The van der Waals surface area contributed by atoms with Crippen molar-refractivity contribution in [2.24, 2.45) is 10.7 Å². The molecule has 1 aliphatic rings. The quantitative estimate of drug-likeness (QED) is 0.780. The highest BCUT2D eigenvalue weighted by Crippen LogP contribution is 2.20. The second-order valence-electron chi connectivity index (χ2n) is 3.17. The second kappa shape index (κ2) is 3.96. The molecule has 0 radical (unpaired) electrons. The molecule has 1 amide bonds. The van der Waals surface area contributed by atoms with Gasteiger partial charge in [0.25, 0.3) is 5.91 Å². The molecule has 1 aromatic carbocycles. The lowest BCUT2D eigenvalue weighted by molar-refractivity contribution is 0.100. The molecule has 1 aromatic rings. The Morgan fingerprint density at radius 3 is 2.87 bits per heavy atom. The topological polar surface area (TPSA) is 58.7 Å². The molecule has 0 aliphatic carbocycles. The summed E-state index contributed by atoms with van der Waals surface area (Å²) in [5.41, 5.74) is 6.60. The molecule has 0 spiro atoms. The van der Waals surface area contributed by atoms with Gasteiger partial charge in [-0.15, -0.1) is 0 Å². The van der Waals surface area contributed by atoms with Crippen molar-refractivity contribution in [3.63, 3.8) is 0 Å². The lowest BCUT2D eigenvalue weighted by atomic mass is 10.1. The highest BCUT2D eigenvalue weighted by atomic mass is 16.1. The van der Waals surface area contributed by atoms with Crippen molar-refractivity contribution in [2.45, 2.75) is 0 Å². The maximum Gasteiger partial charge on any atom is 0.250 e. The number of aliphatic imine (C=N–C) groups is 1. The van der Waals surface area contributed by atoms with Crippen LogP contribution in [-0.4, -0.2) is 18.8 Å². The van der Waals surface area contributed by atoms with Gasteiger partial charge in [-0.2, -0.15) is 0 Å². The number of hydrogen-bond acceptors (Lipinski definition) is 3. The maximum absolute atomic E-state index is 11.2. The summed E-state index contributed by atoms with van der Waals surface area (Å²) in [5, 5.41) is 0. The van der Waals surface area contributed by atoms with E-state index in [2.05, 4.69) is 4.99 Å². The van der Waals surface area contributed by atoms with Crippen LogP contribution < -0.4 is 10.6 Å². The van der Waals surface area contributed by atoms with Crippen LogP contribution in [0.3, 0.4) is 0 Å². The molecular formula is C11H11N3O. The molecule has 0 saturated carbocycles. The minimum atomic E-state index is -0.423. The molecule has 2 rings (SSSR count). The predicted molar refractivity (Wildman–Crippen MR) is 59.9 cm³/mol. The van der Waals surface area contributed by atoms with Gasteiger partial charge < -0.3 is 10.6 Å². The Morgan fingerprint density at radius 2 is 2.20 bits per heavy atom. The number of para-hydroxylation sites is 1. The highest BCUT2D eigenvalue weighted by molar-refractivity contribution is 5.99. The summed E-state index contributed by atoms with van der Waals surface area (Å²) in [6.45, 7) is 0.515. The number of benzene rings is 1. The number of allylic oxidation sites excluding steroid dienone is 1. The monoisotopic (exact) mass is 201 g/mol. The number of rotatable bonds is 2. The molecule has 0 fully saturated rings. The Hall–Kier alpha value is -2.10. The summed E-state index contributed by atoms with van der Waals surface area (Å²) in [6, 6.07) is 7.23. The van der Waals surface area contributed by atoms with E-state index < -0.39 is 5.91 Å². The Morgan fingerprint density at radius 1 is 1.40 bits per heavy atom. The SMILES string of the molecule is NC(=O)c1ccccc1N1C=CC=NC1. The summed E-state index contributed by atoms with van der Waals surface area (Å²) in [5.74, 6) is -0.423. The molecule has 0 aromatic heterocycles. The predicted octanol–water partition coefficient (Wildman–Crippen LogP) is 1.15. The van der Waals surface area contributed by atoms with Crippen LogP contribution in [0.5, 0.6) is 0 Å². The molecule has 4 nitrogen and oxygen atoms in total. The first-order valence-electron chi connectivity index (χ1n) is 4.61. The van der Waals surface area contributed by atoms with E-state index >= 15 is 0 Å². The van der Waals surface area contributed by atoms with Crippen molar-refractivity contribution in [3.05, 3.63) is 42.1 Å². The molecule has 0 atom stereocenters. The van der Waals surface area contributed by atoms with Crippen molar-refractivity contribution in [1.29, 1.82) is 0 Å². The fourth-order valence-corrected chi connectivity index (χ4v) is 1.47. The summed E-state index contributed by atoms with van der Waals surface area (Å²) in [4.78, 5) is 17.2. The number of anilines is 1. The summed E-state index contributed by atoms with van der Waals surface area (Å²) in [6.07, 6.45) is 5.42. The summed E-state index contributed by atoms with van der Waals surface area (Å²) >= 11 is 0. The Balaban J connectivity index is 2.39. The third-order valence-electron chi connectivity index (χ3n) is 2.17. The Kier molecular flexibility index (Phi) is 2.49. The minimum Gasteiger partial charge on any atom is -0.366 e. The number of carbonyl (C=O) groups is 1. The molecule has 0 bridgehead atoms. The van der Waals surface area contributed by atoms with E-state index in [1.54, 1.807) is 18.3 Å². The van der Waals surface area contributed by atoms with Gasteiger partial charge in [0.1, 0.15) is 6.67 Å². The van der Waals surface area contributed by atoms with Crippen LogP contribution in [0.15, 0.2) is 41.5 Å². The van der Waals surface area contributed by atoms with Crippen LogP contribution in [-0.2, 0) is 0 Å². The highest BCUT2D eigenvalue weighted by Gasteiger charge is 2.12. The average Bonchev–Trinajstić information content (AvgIpc) is 2.30. The summed E-state index contributed by atoms with van der Waals surface area (Å²) < 4.78 is 0. The van der Waals surface area contributed by atoms with Gasteiger partial charge in [0.15, 0.2) is 0 Å². The molecular weight excluding hydrogens is 190 g/mol. The lowest BCUT2D eigenvalue weighted by Crippen LogP contribution is -2.23. The van der Waals surface area contributed by atoms with Crippen LogP contribution in [0, 0.1) is 0 Å². The van der Waals surface area contributed by atoms with Crippen molar-refractivity contribution < 1.29 is 4.79 Å². The van der Waals surface area contributed by atoms with E-state index in [1.807, 2.05) is 29.3 Å². The van der Waals surface area contributed by atoms with Gasteiger partial charge in [-0.05, 0) is 18.2 Å². The molecule has 76 valence electrons. The van der Waals surface area contributed by atoms with Crippen LogP contribution in [0.4, 0.5) is 5.69 Å². The first kappa shape index (κ1) is 9.45. The smallest absolute Gasteiger partial charge is 0.250 e. The molecule has 2 N–H and O–H groups in total. The van der Waals surface area contributed by atoms with Crippen LogP contribution in [0.25, 0.3) is 0 Å². The third-order valence-corrected chi connectivity index (χ3v) is 2.17. The molecule has 0 saturated heterocycles.